The molecule has 0 aromatic heterocycles. The molecule has 0 heterocycles. The van der Waals surface area contributed by atoms with Crippen molar-refractivity contribution in [2.45, 2.75) is 62.2 Å². The van der Waals surface area contributed by atoms with Gasteiger partial charge in [-0.3, -0.25) is 0 Å². The lowest BCUT2D eigenvalue weighted by Gasteiger charge is -2.31. The first-order valence-electron chi connectivity index (χ1n) is 13.6. The molecule has 4 N–H and O–H groups in total. The van der Waals surface area contributed by atoms with Crippen LogP contribution in [0.5, 0.6) is 23.0 Å². The van der Waals surface area contributed by atoms with E-state index in [1.807, 2.05) is 72.8 Å². The molecule has 0 aliphatic heterocycles. The molecule has 4 nitrogen and oxygen atoms in total. The van der Waals surface area contributed by atoms with E-state index in [1.54, 1.807) is 24.3 Å². The fraction of sp³-hybridized carbons (Fsp3) is 0.294. The van der Waals surface area contributed by atoms with Crippen LogP contribution in [0.1, 0.15) is 73.6 Å². The van der Waals surface area contributed by atoms with Crippen LogP contribution >= 0.6 is 0 Å². The minimum absolute atomic E-state index is 0.239. The van der Waals surface area contributed by atoms with Gasteiger partial charge < -0.3 is 20.4 Å². The average Bonchev–Trinajstić information content (AvgIpc) is 3.62. The highest BCUT2D eigenvalue weighted by molar-refractivity contribution is 5.53. The summed E-state index contributed by atoms with van der Waals surface area (Å²) < 4.78 is 0. The summed E-state index contributed by atoms with van der Waals surface area (Å²) in [5.41, 5.74) is 3.28. The second-order valence-corrected chi connectivity index (χ2v) is 10.6. The van der Waals surface area contributed by atoms with Gasteiger partial charge in [0.2, 0.25) is 0 Å². The molecule has 196 valence electrons. The molecule has 2 saturated carbocycles. The lowest BCUT2D eigenvalue weighted by Crippen LogP contribution is -2.24. The summed E-state index contributed by atoms with van der Waals surface area (Å²) in [7, 11) is 0. The molecule has 2 fully saturated rings. The van der Waals surface area contributed by atoms with Gasteiger partial charge in [-0.2, -0.15) is 0 Å². The Balaban J connectivity index is 0.000000155. The van der Waals surface area contributed by atoms with Crippen LogP contribution in [0.3, 0.4) is 0 Å². The maximum atomic E-state index is 10.2. The fourth-order valence-electron chi connectivity index (χ4n) is 6.84. The van der Waals surface area contributed by atoms with Gasteiger partial charge in [-0.1, -0.05) is 98.5 Å². The molecule has 4 aromatic rings. The number of benzene rings is 4. The van der Waals surface area contributed by atoms with Crippen LogP contribution in [0, 0.1) is 0 Å². The van der Waals surface area contributed by atoms with E-state index in [1.165, 1.54) is 0 Å². The van der Waals surface area contributed by atoms with Crippen LogP contribution in [0.2, 0.25) is 0 Å². The lowest BCUT2D eigenvalue weighted by molar-refractivity contribution is 0.415. The summed E-state index contributed by atoms with van der Waals surface area (Å²) in [5.74, 6) is 1.31. The molecule has 0 spiro atoms. The summed E-state index contributed by atoms with van der Waals surface area (Å²) in [6.07, 6.45) is 8.41. The van der Waals surface area contributed by atoms with E-state index in [2.05, 4.69) is 0 Å². The predicted molar refractivity (Wildman–Crippen MR) is 151 cm³/mol. The van der Waals surface area contributed by atoms with Gasteiger partial charge in [-0.25, -0.2) is 0 Å². The van der Waals surface area contributed by atoms with Crippen molar-refractivity contribution in [2.75, 3.05) is 0 Å². The number of phenols is 4. The molecule has 0 saturated heterocycles. The minimum atomic E-state index is -0.239. The first kappa shape index (κ1) is 25.7. The smallest absolute Gasteiger partial charge is 0.119 e. The average molecular weight is 509 g/mol. The van der Waals surface area contributed by atoms with Crippen LogP contribution in [-0.4, -0.2) is 20.4 Å². The van der Waals surface area contributed by atoms with Crippen LogP contribution in [-0.2, 0) is 10.8 Å². The molecule has 2 aliphatic carbocycles. The van der Waals surface area contributed by atoms with Crippen molar-refractivity contribution < 1.29 is 20.4 Å². The van der Waals surface area contributed by atoms with Crippen molar-refractivity contribution in [1.29, 1.82) is 0 Å². The Kier molecular flexibility index (Phi) is 7.33. The van der Waals surface area contributed by atoms with Gasteiger partial charge in [0, 0.05) is 33.1 Å². The number of phenolic OH excluding ortho intramolecular Hbond substituents is 4. The summed E-state index contributed by atoms with van der Waals surface area (Å²) in [6.45, 7) is 0. The number of para-hydroxylation sites is 4. The topological polar surface area (TPSA) is 80.9 Å². The van der Waals surface area contributed by atoms with E-state index >= 15 is 0 Å². The van der Waals surface area contributed by atoms with Crippen LogP contribution < -0.4 is 0 Å². The molecule has 0 unspecified atom stereocenters. The molecule has 0 radical (unpaired) electrons. The molecule has 6 rings (SSSR count). The summed E-state index contributed by atoms with van der Waals surface area (Å²) in [5, 5.41) is 40.8. The van der Waals surface area contributed by atoms with Gasteiger partial charge in [-0.05, 0) is 49.9 Å². The van der Waals surface area contributed by atoms with Crippen molar-refractivity contribution in [2.24, 2.45) is 0 Å². The van der Waals surface area contributed by atoms with Crippen LogP contribution in [0.4, 0.5) is 0 Å². The van der Waals surface area contributed by atoms with E-state index in [9.17, 15) is 20.4 Å². The monoisotopic (exact) mass is 508 g/mol. The molecule has 0 atom stereocenters. The summed E-state index contributed by atoms with van der Waals surface area (Å²) in [6, 6.07) is 30.0. The molecule has 4 aromatic carbocycles. The number of hydrogen-bond acceptors (Lipinski definition) is 4. The van der Waals surface area contributed by atoms with Crippen molar-refractivity contribution in [3.8, 4) is 23.0 Å². The predicted octanol–water partition coefficient (Wildman–Crippen LogP) is 7.92. The van der Waals surface area contributed by atoms with Gasteiger partial charge >= 0.3 is 0 Å². The normalized spacial score (nSPS) is 17.5. The third-order valence-corrected chi connectivity index (χ3v) is 8.59. The first-order chi connectivity index (χ1) is 18.5. The van der Waals surface area contributed by atoms with Crippen molar-refractivity contribution >= 4 is 0 Å². The largest absolute Gasteiger partial charge is 0.508 e. The maximum absolute atomic E-state index is 10.2. The highest BCUT2D eigenvalue weighted by Crippen LogP contribution is 2.52. The number of hydrogen-bond donors (Lipinski definition) is 4. The van der Waals surface area contributed by atoms with Gasteiger partial charge in [0.15, 0.2) is 0 Å². The Morgan fingerprint density at radius 1 is 0.342 bits per heavy atom. The second kappa shape index (κ2) is 10.8. The SMILES string of the molecule is Oc1ccccc1C1(c2ccccc2O)CCCC1.Oc1ccccc1C1(c2ccccc2O)CCCC1. The number of rotatable bonds is 4. The van der Waals surface area contributed by atoms with Crippen LogP contribution in [0.25, 0.3) is 0 Å². The molecule has 0 amide bonds. The second-order valence-electron chi connectivity index (χ2n) is 10.6. The molecule has 0 bridgehead atoms. The minimum Gasteiger partial charge on any atom is -0.508 e. The first-order valence-corrected chi connectivity index (χ1v) is 13.6. The molecular weight excluding hydrogens is 472 g/mol. The Labute approximate surface area is 224 Å². The fourth-order valence-corrected chi connectivity index (χ4v) is 6.84. The van der Waals surface area contributed by atoms with Crippen molar-refractivity contribution in [1.82, 2.24) is 0 Å². The molecule has 4 heteroatoms. The van der Waals surface area contributed by atoms with Crippen molar-refractivity contribution in [3.05, 3.63) is 119 Å². The summed E-state index contributed by atoms with van der Waals surface area (Å²) in [4.78, 5) is 0. The Morgan fingerprint density at radius 2 is 0.553 bits per heavy atom. The Bertz CT molecular complexity index is 1180. The standard InChI is InChI=1S/2C17H18O2/c2*18-15-9-3-1-7-13(15)17(11-5-6-12-17)14-8-2-4-10-16(14)19/h2*1-4,7-10,18-19H,5-6,11-12H2. The van der Waals surface area contributed by atoms with Gasteiger partial charge in [0.1, 0.15) is 23.0 Å². The highest BCUT2D eigenvalue weighted by Gasteiger charge is 2.41. The van der Waals surface area contributed by atoms with Crippen LogP contribution in [0.15, 0.2) is 97.1 Å². The van der Waals surface area contributed by atoms with Gasteiger partial charge in [0.05, 0.1) is 0 Å². The van der Waals surface area contributed by atoms with E-state index in [0.29, 0.717) is 23.0 Å². The van der Waals surface area contributed by atoms with Gasteiger partial charge in [0.25, 0.3) is 0 Å². The van der Waals surface area contributed by atoms with E-state index < -0.39 is 0 Å². The zero-order chi connectivity index (χ0) is 26.6. The molecule has 2 aliphatic rings. The molecule has 38 heavy (non-hydrogen) atoms. The Morgan fingerprint density at radius 3 is 0.763 bits per heavy atom. The third kappa shape index (κ3) is 4.60. The highest BCUT2D eigenvalue weighted by atomic mass is 16.3. The number of aromatic hydroxyl groups is 4. The quantitative estimate of drug-likeness (QED) is 0.226. The van der Waals surface area contributed by atoms with E-state index in [-0.39, 0.29) is 10.8 Å². The molecular formula is C34H36O4. The maximum Gasteiger partial charge on any atom is 0.119 e. The van der Waals surface area contributed by atoms with Gasteiger partial charge in [-0.15, -0.1) is 0 Å². The zero-order valence-corrected chi connectivity index (χ0v) is 21.7. The van der Waals surface area contributed by atoms with E-state index in [4.69, 9.17) is 0 Å². The zero-order valence-electron chi connectivity index (χ0n) is 21.7. The van der Waals surface area contributed by atoms with E-state index in [0.717, 1.165) is 73.6 Å². The Hall–Kier alpha value is -3.92. The third-order valence-electron chi connectivity index (χ3n) is 8.59. The van der Waals surface area contributed by atoms with Crippen molar-refractivity contribution in [3.63, 3.8) is 0 Å². The lowest BCUT2D eigenvalue weighted by atomic mass is 9.72. The summed E-state index contributed by atoms with van der Waals surface area (Å²) >= 11 is 0.